The Morgan fingerprint density at radius 2 is 2.06 bits per heavy atom. The first-order chi connectivity index (χ1) is 8.58. The molecule has 3 N–H and O–H groups in total. The number of nitro benzene ring substituents is 1. The Bertz CT molecular complexity index is 595. The molecule has 0 bridgehead atoms. The first-order valence-corrected chi connectivity index (χ1v) is 5.49. The molecule has 2 rings (SSSR count). The van der Waals surface area contributed by atoms with E-state index in [4.69, 9.17) is 5.73 Å². The van der Waals surface area contributed by atoms with Gasteiger partial charge >= 0.3 is 0 Å². The summed E-state index contributed by atoms with van der Waals surface area (Å²) in [7, 11) is 0. The molecule has 0 atom stereocenters. The lowest BCUT2D eigenvalue weighted by molar-refractivity contribution is -0.384. The van der Waals surface area contributed by atoms with E-state index >= 15 is 0 Å². The van der Waals surface area contributed by atoms with Gasteiger partial charge in [-0.05, 0) is 12.1 Å². The third kappa shape index (κ3) is 2.40. The standard InChI is InChI=1S/C9H7N5O3S/c10-8(15)7-9(18-13-12-7)11-5-1-3-6(4-2-5)14(16)17/h1-4,11H,(H2,10,15). The van der Waals surface area contributed by atoms with Gasteiger partial charge in [-0.25, -0.2) is 0 Å². The predicted octanol–water partition coefficient (Wildman–Crippen LogP) is 1.29. The molecule has 0 saturated carbocycles. The summed E-state index contributed by atoms with van der Waals surface area (Å²) in [5, 5.41) is 17.3. The molecule has 0 aliphatic carbocycles. The molecule has 1 amide bonds. The average molecular weight is 265 g/mol. The van der Waals surface area contributed by atoms with E-state index < -0.39 is 10.8 Å². The number of rotatable bonds is 4. The van der Waals surface area contributed by atoms with Crippen LogP contribution in [0.2, 0.25) is 0 Å². The lowest BCUT2D eigenvalue weighted by atomic mass is 10.3. The van der Waals surface area contributed by atoms with Crippen LogP contribution >= 0.6 is 11.5 Å². The second-order valence-electron chi connectivity index (χ2n) is 3.24. The van der Waals surface area contributed by atoms with Gasteiger partial charge in [-0.15, -0.1) is 5.10 Å². The highest BCUT2D eigenvalue weighted by Gasteiger charge is 2.13. The van der Waals surface area contributed by atoms with Crippen molar-refractivity contribution in [2.45, 2.75) is 0 Å². The maximum Gasteiger partial charge on any atom is 0.272 e. The summed E-state index contributed by atoms with van der Waals surface area (Å²) in [6.45, 7) is 0. The van der Waals surface area contributed by atoms with Crippen LogP contribution in [0.15, 0.2) is 24.3 Å². The minimum Gasteiger partial charge on any atom is -0.364 e. The van der Waals surface area contributed by atoms with Crippen molar-refractivity contribution in [3.8, 4) is 0 Å². The Kier molecular flexibility index (Phi) is 3.15. The van der Waals surface area contributed by atoms with Crippen molar-refractivity contribution in [3.05, 3.63) is 40.1 Å². The number of carbonyl (C=O) groups is 1. The topological polar surface area (TPSA) is 124 Å². The van der Waals surface area contributed by atoms with Crippen LogP contribution in [0.1, 0.15) is 10.5 Å². The molecule has 18 heavy (non-hydrogen) atoms. The molecule has 9 heteroatoms. The number of non-ortho nitro benzene ring substituents is 1. The first kappa shape index (κ1) is 11.9. The fourth-order valence-electron chi connectivity index (χ4n) is 1.23. The number of carbonyl (C=O) groups excluding carboxylic acids is 1. The van der Waals surface area contributed by atoms with E-state index in [0.29, 0.717) is 10.7 Å². The number of amides is 1. The highest BCUT2D eigenvalue weighted by Crippen LogP contribution is 2.24. The van der Waals surface area contributed by atoms with Gasteiger partial charge in [-0.3, -0.25) is 14.9 Å². The van der Waals surface area contributed by atoms with Crippen LogP contribution in [0.25, 0.3) is 0 Å². The van der Waals surface area contributed by atoms with Gasteiger partial charge in [0.25, 0.3) is 11.6 Å². The van der Waals surface area contributed by atoms with Crippen molar-refractivity contribution in [2.24, 2.45) is 5.73 Å². The van der Waals surface area contributed by atoms with Gasteiger partial charge in [0, 0.05) is 29.4 Å². The summed E-state index contributed by atoms with van der Waals surface area (Å²) >= 11 is 0.976. The molecule has 0 saturated heterocycles. The van der Waals surface area contributed by atoms with Crippen molar-refractivity contribution in [1.29, 1.82) is 0 Å². The van der Waals surface area contributed by atoms with Crippen LogP contribution < -0.4 is 11.1 Å². The molecule has 0 unspecified atom stereocenters. The summed E-state index contributed by atoms with van der Waals surface area (Å²) in [4.78, 5) is 21.0. The highest BCUT2D eigenvalue weighted by atomic mass is 32.1. The van der Waals surface area contributed by atoms with Crippen molar-refractivity contribution in [1.82, 2.24) is 9.59 Å². The fraction of sp³-hybridized carbons (Fsp3) is 0. The molecule has 0 radical (unpaired) electrons. The molecule has 8 nitrogen and oxygen atoms in total. The summed E-state index contributed by atoms with van der Waals surface area (Å²) in [5.41, 5.74) is 5.71. The lowest BCUT2D eigenvalue weighted by Crippen LogP contribution is -2.13. The largest absolute Gasteiger partial charge is 0.364 e. The van der Waals surface area contributed by atoms with E-state index in [9.17, 15) is 14.9 Å². The second-order valence-corrected chi connectivity index (χ2v) is 4.00. The average Bonchev–Trinajstić information content (AvgIpc) is 2.78. The van der Waals surface area contributed by atoms with Gasteiger partial charge in [0.1, 0.15) is 5.00 Å². The summed E-state index contributed by atoms with van der Waals surface area (Å²) < 4.78 is 3.61. The minimum absolute atomic E-state index is 0.0156. The molecule has 0 spiro atoms. The monoisotopic (exact) mass is 265 g/mol. The number of benzene rings is 1. The van der Waals surface area contributed by atoms with E-state index in [1.54, 1.807) is 0 Å². The molecular weight excluding hydrogens is 258 g/mol. The van der Waals surface area contributed by atoms with E-state index in [-0.39, 0.29) is 11.4 Å². The highest BCUT2D eigenvalue weighted by molar-refractivity contribution is 7.10. The number of nitrogens with two attached hydrogens (primary N) is 1. The molecule has 0 fully saturated rings. The quantitative estimate of drug-likeness (QED) is 0.634. The van der Waals surface area contributed by atoms with E-state index in [0.717, 1.165) is 11.5 Å². The number of aromatic nitrogens is 2. The van der Waals surface area contributed by atoms with Crippen molar-refractivity contribution in [2.75, 3.05) is 5.32 Å². The van der Waals surface area contributed by atoms with Crippen molar-refractivity contribution >= 4 is 33.8 Å². The van der Waals surface area contributed by atoms with Gasteiger partial charge in [-0.1, -0.05) is 4.49 Å². The Hall–Kier alpha value is -2.55. The van der Waals surface area contributed by atoms with Crippen LogP contribution in [-0.4, -0.2) is 20.4 Å². The molecule has 1 aromatic carbocycles. The summed E-state index contributed by atoms with van der Waals surface area (Å²) in [6.07, 6.45) is 0. The number of anilines is 2. The van der Waals surface area contributed by atoms with E-state index in [1.165, 1.54) is 24.3 Å². The van der Waals surface area contributed by atoms with E-state index in [1.807, 2.05) is 0 Å². The normalized spacial score (nSPS) is 10.0. The van der Waals surface area contributed by atoms with Gasteiger partial charge < -0.3 is 11.1 Å². The van der Waals surface area contributed by atoms with E-state index in [2.05, 4.69) is 14.9 Å². The number of nitro groups is 1. The molecule has 1 heterocycles. The second kappa shape index (κ2) is 4.75. The van der Waals surface area contributed by atoms with Crippen LogP contribution in [0.4, 0.5) is 16.4 Å². The zero-order chi connectivity index (χ0) is 13.1. The molecule has 1 aromatic heterocycles. The van der Waals surface area contributed by atoms with Crippen LogP contribution in [0.5, 0.6) is 0 Å². The van der Waals surface area contributed by atoms with Crippen LogP contribution in [-0.2, 0) is 0 Å². The summed E-state index contributed by atoms with van der Waals surface area (Å²) in [6, 6.07) is 5.73. The maximum atomic E-state index is 11.0. The molecule has 0 aliphatic heterocycles. The van der Waals surface area contributed by atoms with Crippen molar-refractivity contribution < 1.29 is 9.72 Å². The minimum atomic E-state index is -0.687. The Morgan fingerprint density at radius 3 is 2.61 bits per heavy atom. The van der Waals surface area contributed by atoms with Gasteiger partial charge in [0.2, 0.25) is 0 Å². The van der Waals surface area contributed by atoms with Crippen LogP contribution in [0.3, 0.4) is 0 Å². The van der Waals surface area contributed by atoms with Gasteiger partial charge in [0.05, 0.1) is 4.92 Å². The zero-order valence-electron chi connectivity index (χ0n) is 8.86. The number of hydrogen-bond donors (Lipinski definition) is 2. The van der Waals surface area contributed by atoms with Gasteiger partial charge in [0.15, 0.2) is 5.69 Å². The van der Waals surface area contributed by atoms with Crippen molar-refractivity contribution in [3.63, 3.8) is 0 Å². The number of primary amides is 1. The molecule has 92 valence electrons. The Morgan fingerprint density at radius 1 is 1.39 bits per heavy atom. The maximum absolute atomic E-state index is 11.0. The zero-order valence-corrected chi connectivity index (χ0v) is 9.68. The summed E-state index contributed by atoms with van der Waals surface area (Å²) in [5.74, 6) is -0.687. The molecule has 2 aromatic rings. The third-order valence-electron chi connectivity index (χ3n) is 2.06. The molecular formula is C9H7N5O3S. The predicted molar refractivity (Wildman–Crippen MR) is 64.8 cm³/mol. The third-order valence-corrected chi connectivity index (χ3v) is 2.70. The van der Waals surface area contributed by atoms with Gasteiger partial charge in [-0.2, -0.15) is 0 Å². The Labute approximate surface area is 105 Å². The number of nitrogens with zero attached hydrogens (tertiary/aromatic N) is 3. The molecule has 0 aliphatic rings. The van der Waals surface area contributed by atoms with Crippen LogP contribution in [0, 0.1) is 10.1 Å². The lowest BCUT2D eigenvalue weighted by Gasteiger charge is -2.03. The smallest absolute Gasteiger partial charge is 0.272 e. The number of hydrogen-bond acceptors (Lipinski definition) is 7. The fourth-order valence-corrected chi connectivity index (χ4v) is 1.83. The SMILES string of the molecule is NC(=O)c1nnsc1Nc1ccc([N+](=O)[O-])cc1. The first-order valence-electron chi connectivity index (χ1n) is 4.71. The number of nitrogens with one attached hydrogen (secondary N) is 1. The Balaban J connectivity index is 2.21.